The minimum Gasteiger partial charge on any atom is -0.493 e. The van der Waals surface area contributed by atoms with Gasteiger partial charge in [0.05, 0.1) is 18.7 Å². The molecule has 1 fully saturated rings. The standard InChI is InChI=1S/C34H30BrFN2O3/c1-2-3-21-41-32-22-26(35)13-18-29(32)33-30(19-20-31(39)25-9-14-27(36)15-10-25)37-34(40)38(33)28-16-11-24(12-17-28)23-7-5-4-6-8-23/h4-20,22,30,33H,2-3,21H2,1H3,(H,37,40)/b20-19+/t30-,33+/m0/s1. The highest BCUT2D eigenvalue weighted by Crippen LogP contribution is 2.40. The predicted molar refractivity (Wildman–Crippen MR) is 164 cm³/mol. The Bertz CT molecular complexity index is 1540. The number of benzene rings is 4. The van der Waals surface area contributed by atoms with Gasteiger partial charge in [0.25, 0.3) is 0 Å². The number of carbonyl (C=O) groups is 2. The number of amides is 2. The molecule has 1 aliphatic rings. The fourth-order valence-electron chi connectivity index (χ4n) is 4.89. The Morgan fingerprint density at radius 2 is 1.68 bits per heavy atom. The molecule has 2 amide bonds. The number of unbranched alkanes of at least 4 members (excludes halogenated alkanes) is 1. The van der Waals surface area contributed by atoms with E-state index in [0.717, 1.165) is 39.7 Å². The molecule has 0 saturated carbocycles. The van der Waals surface area contributed by atoms with Crippen LogP contribution in [-0.2, 0) is 0 Å². The predicted octanol–water partition coefficient (Wildman–Crippen LogP) is 8.51. The fraction of sp³-hybridized carbons (Fsp3) is 0.176. The number of carbonyl (C=O) groups excluding carboxylic acids is 2. The lowest BCUT2D eigenvalue weighted by Gasteiger charge is -2.28. The number of hydrogen-bond acceptors (Lipinski definition) is 3. The van der Waals surface area contributed by atoms with Crippen molar-refractivity contribution in [2.45, 2.75) is 31.8 Å². The third-order valence-corrected chi connectivity index (χ3v) is 7.51. The van der Waals surface area contributed by atoms with Gasteiger partial charge in [-0.3, -0.25) is 9.69 Å². The first-order valence-electron chi connectivity index (χ1n) is 13.6. The van der Waals surface area contributed by atoms with Crippen molar-refractivity contribution in [2.24, 2.45) is 0 Å². The van der Waals surface area contributed by atoms with Crippen LogP contribution in [0, 0.1) is 5.82 Å². The summed E-state index contributed by atoms with van der Waals surface area (Å²) in [6, 6.07) is 27.8. The van der Waals surface area contributed by atoms with E-state index in [1.54, 1.807) is 11.0 Å². The van der Waals surface area contributed by atoms with Gasteiger partial charge in [0.2, 0.25) is 0 Å². The maximum absolute atomic E-state index is 13.5. The molecule has 1 saturated heterocycles. The second-order valence-electron chi connectivity index (χ2n) is 9.82. The molecule has 4 aromatic rings. The molecule has 2 atom stereocenters. The third kappa shape index (κ3) is 6.57. The number of ether oxygens (including phenoxy) is 1. The van der Waals surface area contributed by atoms with E-state index < -0.39 is 17.9 Å². The Hall–Kier alpha value is -4.23. The van der Waals surface area contributed by atoms with Crippen LogP contribution in [0.4, 0.5) is 14.9 Å². The number of nitrogens with zero attached hydrogens (tertiary/aromatic N) is 1. The van der Waals surface area contributed by atoms with Crippen molar-refractivity contribution in [3.63, 3.8) is 0 Å². The van der Waals surface area contributed by atoms with Gasteiger partial charge in [-0.15, -0.1) is 0 Å². The summed E-state index contributed by atoms with van der Waals surface area (Å²) in [5.41, 5.74) is 4.03. The molecule has 0 bridgehead atoms. The molecule has 5 rings (SSSR count). The second-order valence-corrected chi connectivity index (χ2v) is 10.7. The SMILES string of the molecule is CCCCOc1cc(Br)ccc1[C@@H]1[C@H](/C=C/C(=O)c2ccc(F)cc2)NC(=O)N1c1ccc(-c2ccccc2)cc1. The summed E-state index contributed by atoms with van der Waals surface area (Å²) in [7, 11) is 0. The van der Waals surface area contributed by atoms with Crippen LogP contribution < -0.4 is 15.0 Å². The highest BCUT2D eigenvalue weighted by molar-refractivity contribution is 9.10. The molecule has 0 aromatic heterocycles. The van der Waals surface area contributed by atoms with Crippen molar-refractivity contribution in [3.05, 3.63) is 131 Å². The van der Waals surface area contributed by atoms with E-state index in [9.17, 15) is 14.0 Å². The van der Waals surface area contributed by atoms with Gasteiger partial charge in [0.1, 0.15) is 11.6 Å². The smallest absolute Gasteiger partial charge is 0.323 e. The maximum atomic E-state index is 13.5. The molecule has 41 heavy (non-hydrogen) atoms. The van der Waals surface area contributed by atoms with Crippen molar-refractivity contribution in [1.29, 1.82) is 0 Å². The molecule has 0 unspecified atom stereocenters. The molecule has 7 heteroatoms. The van der Waals surface area contributed by atoms with E-state index in [2.05, 4.69) is 28.2 Å². The first kappa shape index (κ1) is 28.3. The van der Waals surface area contributed by atoms with Crippen LogP contribution in [0.3, 0.4) is 0 Å². The second kappa shape index (κ2) is 13.0. The van der Waals surface area contributed by atoms with Crippen LogP contribution in [0.15, 0.2) is 114 Å². The van der Waals surface area contributed by atoms with Crippen molar-refractivity contribution >= 4 is 33.4 Å². The Kier molecular flexibility index (Phi) is 8.95. The van der Waals surface area contributed by atoms with Gasteiger partial charge in [0.15, 0.2) is 5.78 Å². The highest BCUT2D eigenvalue weighted by atomic mass is 79.9. The third-order valence-electron chi connectivity index (χ3n) is 7.01. The Labute approximate surface area is 247 Å². The van der Waals surface area contributed by atoms with Crippen LogP contribution >= 0.6 is 15.9 Å². The van der Waals surface area contributed by atoms with Crippen LogP contribution in [0.1, 0.15) is 41.7 Å². The van der Waals surface area contributed by atoms with E-state index in [4.69, 9.17) is 4.74 Å². The normalized spacial score (nSPS) is 16.7. The average Bonchev–Trinajstić information content (AvgIpc) is 3.32. The fourth-order valence-corrected chi connectivity index (χ4v) is 5.23. The van der Waals surface area contributed by atoms with Crippen LogP contribution in [0.5, 0.6) is 5.75 Å². The molecule has 1 heterocycles. The van der Waals surface area contributed by atoms with Gasteiger partial charge in [-0.1, -0.05) is 83.9 Å². The zero-order valence-corrected chi connectivity index (χ0v) is 24.2. The molecule has 0 aliphatic carbocycles. The lowest BCUT2D eigenvalue weighted by molar-refractivity contribution is 0.104. The largest absolute Gasteiger partial charge is 0.493 e. The minimum absolute atomic E-state index is 0.279. The number of hydrogen-bond donors (Lipinski definition) is 1. The van der Waals surface area contributed by atoms with Crippen molar-refractivity contribution in [1.82, 2.24) is 5.32 Å². The lowest BCUT2D eigenvalue weighted by atomic mass is 9.96. The van der Waals surface area contributed by atoms with E-state index in [-0.39, 0.29) is 11.8 Å². The van der Waals surface area contributed by atoms with Gasteiger partial charge in [-0.05, 0) is 72.2 Å². The summed E-state index contributed by atoms with van der Waals surface area (Å²) in [4.78, 5) is 28.1. The first-order chi connectivity index (χ1) is 19.9. The molecular weight excluding hydrogens is 583 g/mol. The zero-order chi connectivity index (χ0) is 28.8. The van der Waals surface area contributed by atoms with E-state index in [1.807, 2.05) is 72.8 Å². The van der Waals surface area contributed by atoms with E-state index >= 15 is 0 Å². The molecule has 208 valence electrons. The number of rotatable bonds is 10. The lowest BCUT2D eigenvalue weighted by Crippen LogP contribution is -2.29. The van der Waals surface area contributed by atoms with E-state index in [1.165, 1.54) is 30.3 Å². The van der Waals surface area contributed by atoms with Gasteiger partial charge in [-0.2, -0.15) is 0 Å². The van der Waals surface area contributed by atoms with Gasteiger partial charge in [0, 0.05) is 21.3 Å². The molecular formula is C34H30BrFN2O3. The summed E-state index contributed by atoms with van der Waals surface area (Å²) in [5, 5.41) is 3.04. The number of halogens is 2. The Morgan fingerprint density at radius 1 is 0.976 bits per heavy atom. The maximum Gasteiger partial charge on any atom is 0.323 e. The molecule has 0 radical (unpaired) electrons. The highest BCUT2D eigenvalue weighted by Gasteiger charge is 2.41. The zero-order valence-electron chi connectivity index (χ0n) is 22.6. The van der Waals surface area contributed by atoms with Gasteiger partial charge in [-0.25, -0.2) is 9.18 Å². The quantitative estimate of drug-likeness (QED) is 0.111. The number of anilines is 1. The Morgan fingerprint density at radius 3 is 2.39 bits per heavy atom. The number of urea groups is 1. The van der Waals surface area contributed by atoms with Crippen molar-refractivity contribution in [2.75, 3.05) is 11.5 Å². The summed E-state index contributed by atoms with van der Waals surface area (Å²) >= 11 is 3.55. The molecule has 4 aromatic carbocycles. The van der Waals surface area contributed by atoms with Gasteiger partial charge < -0.3 is 10.1 Å². The summed E-state index contributed by atoms with van der Waals surface area (Å²) in [6.07, 6.45) is 5.02. The summed E-state index contributed by atoms with van der Waals surface area (Å²) < 4.78 is 20.4. The van der Waals surface area contributed by atoms with Crippen molar-refractivity contribution in [3.8, 4) is 16.9 Å². The topological polar surface area (TPSA) is 58.6 Å². The number of ketones is 1. The van der Waals surface area contributed by atoms with Crippen LogP contribution in [0.25, 0.3) is 11.1 Å². The van der Waals surface area contributed by atoms with Crippen molar-refractivity contribution < 1.29 is 18.7 Å². The van der Waals surface area contributed by atoms with Gasteiger partial charge >= 0.3 is 6.03 Å². The minimum atomic E-state index is -0.532. The number of nitrogens with one attached hydrogen (secondary N) is 1. The summed E-state index contributed by atoms with van der Waals surface area (Å²) in [5.74, 6) is -0.0178. The summed E-state index contributed by atoms with van der Waals surface area (Å²) in [6.45, 7) is 2.65. The molecule has 1 N–H and O–H groups in total. The molecule has 1 aliphatic heterocycles. The first-order valence-corrected chi connectivity index (χ1v) is 14.4. The Balaban J connectivity index is 1.52. The monoisotopic (exact) mass is 612 g/mol. The average molecular weight is 614 g/mol. The van der Waals surface area contributed by atoms with Crippen LogP contribution in [0.2, 0.25) is 0 Å². The van der Waals surface area contributed by atoms with E-state index in [0.29, 0.717) is 17.9 Å². The van der Waals surface area contributed by atoms with Crippen LogP contribution in [-0.4, -0.2) is 24.5 Å². The molecule has 0 spiro atoms. The number of allylic oxidation sites excluding steroid dienone is 1. The molecule has 5 nitrogen and oxygen atoms in total.